The number of methoxy groups -OCH3 is 1. The molecule has 35 heavy (non-hydrogen) atoms. The molecule has 0 atom stereocenters. The number of halogens is 1. The summed E-state index contributed by atoms with van der Waals surface area (Å²) < 4.78 is 17.3. The van der Waals surface area contributed by atoms with Crippen molar-refractivity contribution in [1.82, 2.24) is 0 Å². The van der Waals surface area contributed by atoms with E-state index in [-0.39, 0.29) is 5.91 Å². The standard InChI is InChI=1S/C28H27ClN2O4/c1-18-10-11-19(2)25(14-18)34-12-13-35-27-24(29)16-21(17-26(27)33-4)15-23-20(3)30-31(28(23)32)22-8-6-5-7-9-22/h5-11,14-17H,12-13H2,1-4H3/b23-15+. The average Bonchev–Trinajstić information content (AvgIpc) is 3.13. The molecule has 0 saturated carbocycles. The van der Waals surface area contributed by atoms with Crippen LogP contribution >= 0.6 is 11.6 Å². The Kier molecular flexibility index (Phi) is 7.42. The summed E-state index contributed by atoms with van der Waals surface area (Å²) in [6.45, 7) is 6.48. The maximum absolute atomic E-state index is 13.0. The number of para-hydroxylation sites is 1. The van der Waals surface area contributed by atoms with Crippen molar-refractivity contribution in [2.75, 3.05) is 25.3 Å². The number of hydrogen-bond donors (Lipinski definition) is 0. The Bertz CT molecular complexity index is 1300. The average molecular weight is 491 g/mol. The normalized spacial score (nSPS) is 14.3. The van der Waals surface area contributed by atoms with E-state index < -0.39 is 0 Å². The van der Waals surface area contributed by atoms with E-state index in [4.69, 9.17) is 25.8 Å². The van der Waals surface area contributed by atoms with Gasteiger partial charge in [-0.1, -0.05) is 41.9 Å². The van der Waals surface area contributed by atoms with Gasteiger partial charge in [0.25, 0.3) is 5.91 Å². The number of hydrogen-bond acceptors (Lipinski definition) is 5. The van der Waals surface area contributed by atoms with Crippen molar-refractivity contribution in [1.29, 1.82) is 0 Å². The van der Waals surface area contributed by atoms with Gasteiger partial charge in [-0.15, -0.1) is 0 Å². The lowest BCUT2D eigenvalue weighted by Crippen LogP contribution is -2.21. The minimum atomic E-state index is -0.201. The molecule has 1 aliphatic rings. The highest BCUT2D eigenvalue weighted by molar-refractivity contribution is 6.33. The highest BCUT2D eigenvalue weighted by Crippen LogP contribution is 2.37. The monoisotopic (exact) mass is 490 g/mol. The van der Waals surface area contributed by atoms with Gasteiger partial charge in [-0.05, 0) is 73.9 Å². The summed E-state index contributed by atoms with van der Waals surface area (Å²) in [4.78, 5) is 13.0. The van der Waals surface area contributed by atoms with Crippen LogP contribution in [0.2, 0.25) is 5.02 Å². The topological polar surface area (TPSA) is 60.4 Å². The first-order chi connectivity index (χ1) is 16.9. The zero-order valence-corrected chi connectivity index (χ0v) is 20.9. The first-order valence-corrected chi connectivity index (χ1v) is 11.6. The molecule has 3 aromatic rings. The number of hydrazone groups is 1. The van der Waals surface area contributed by atoms with Gasteiger partial charge in [0.15, 0.2) is 11.5 Å². The summed E-state index contributed by atoms with van der Waals surface area (Å²) in [7, 11) is 1.55. The number of aryl methyl sites for hydroxylation is 2. The molecule has 0 aromatic heterocycles. The van der Waals surface area contributed by atoms with Gasteiger partial charge in [-0.25, -0.2) is 0 Å². The Morgan fingerprint density at radius 2 is 1.69 bits per heavy atom. The lowest BCUT2D eigenvalue weighted by atomic mass is 10.1. The number of carbonyl (C=O) groups is 1. The molecular formula is C28H27ClN2O4. The van der Waals surface area contributed by atoms with Crippen molar-refractivity contribution in [3.8, 4) is 17.2 Å². The van der Waals surface area contributed by atoms with Crippen molar-refractivity contribution < 1.29 is 19.0 Å². The van der Waals surface area contributed by atoms with Crippen LogP contribution in [0.3, 0.4) is 0 Å². The molecule has 0 aliphatic carbocycles. The number of carbonyl (C=O) groups excluding carboxylic acids is 1. The Balaban J connectivity index is 1.48. The molecule has 0 fully saturated rings. The Hall–Kier alpha value is -3.77. The van der Waals surface area contributed by atoms with E-state index >= 15 is 0 Å². The number of anilines is 1. The van der Waals surface area contributed by atoms with Gasteiger partial charge in [-0.3, -0.25) is 4.79 Å². The van der Waals surface area contributed by atoms with E-state index in [2.05, 4.69) is 5.10 Å². The third-order valence-electron chi connectivity index (χ3n) is 5.56. The van der Waals surface area contributed by atoms with Crippen LogP contribution in [0, 0.1) is 13.8 Å². The number of rotatable bonds is 8. The van der Waals surface area contributed by atoms with Crippen molar-refractivity contribution in [2.45, 2.75) is 20.8 Å². The quantitative estimate of drug-likeness (QED) is 0.277. The van der Waals surface area contributed by atoms with Gasteiger partial charge >= 0.3 is 0 Å². The van der Waals surface area contributed by atoms with E-state index in [1.54, 1.807) is 32.2 Å². The predicted octanol–water partition coefficient (Wildman–Crippen LogP) is 6.23. The van der Waals surface area contributed by atoms with Gasteiger partial charge in [0, 0.05) is 0 Å². The number of nitrogens with zero attached hydrogens (tertiary/aromatic N) is 2. The smallest absolute Gasteiger partial charge is 0.280 e. The van der Waals surface area contributed by atoms with Gasteiger partial charge in [-0.2, -0.15) is 10.1 Å². The van der Waals surface area contributed by atoms with E-state index in [9.17, 15) is 4.79 Å². The van der Waals surface area contributed by atoms with Crippen molar-refractivity contribution in [3.63, 3.8) is 0 Å². The third kappa shape index (κ3) is 5.49. The van der Waals surface area contributed by atoms with Crippen LogP contribution in [-0.4, -0.2) is 31.9 Å². The molecule has 0 spiro atoms. The summed E-state index contributed by atoms with van der Waals surface area (Å²) >= 11 is 6.54. The van der Waals surface area contributed by atoms with E-state index in [1.807, 2.05) is 62.4 Å². The molecule has 0 N–H and O–H groups in total. The van der Waals surface area contributed by atoms with Crippen LogP contribution in [0.1, 0.15) is 23.6 Å². The van der Waals surface area contributed by atoms with Crippen molar-refractivity contribution in [2.24, 2.45) is 5.10 Å². The van der Waals surface area contributed by atoms with Crippen LogP contribution in [0.4, 0.5) is 5.69 Å². The first-order valence-electron chi connectivity index (χ1n) is 11.2. The number of benzene rings is 3. The maximum atomic E-state index is 13.0. The molecule has 1 aliphatic heterocycles. The van der Waals surface area contributed by atoms with E-state index in [1.165, 1.54) is 5.01 Å². The van der Waals surface area contributed by atoms with E-state index in [0.717, 1.165) is 16.9 Å². The molecule has 6 nitrogen and oxygen atoms in total. The second-order valence-electron chi connectivity index (χ2n) is 8.20. The lowest BCUT2D eigenvalue weighted by molar-refractivity contribution is -0.114. The molecule has 0 bridgehead atoms. The molecule has 0 radical (unpaired) electrons. The summed E-state index contributed by atoms with van der Waals surface area (Å²) in [6.07, 6.45) is 1.76. The van der Waals surface area contributed by atoms with Crippen LogP contribution in [-0.2, 0) is 4.79 Å². The molecule has 7 heteroatoms. The van der Waals surface area contributed by atoms with E-state index in [0.29, 0.717) is 52.3 Å². The fourth-order valence-corrected chi connectivity index (χ4v) is 3.99. The SMILES string of the molecule is COc1cc(/C=C2/C(=O)N(c3ccccc3)N=C2C)cc(Cl)c1OCCOc1cc(C)ccc1C. The number of amides is 1. The predicted molar refractivity (Wildman–Crippen MR) is 140 cm³/mol. The van der Waals surface area contributed by atoms with Gasteiger partial charge in [0.1, 0.15) is 19.0 Å². The molecule has 1 heterocycles. The highest BCUT2D eigenvalue weighted by Gasteiger charge is 2.28. The number of ether oxygens (including phenoxy) is 3. The highest BCUT2D eigenvalue weighted by atomic mass is 35.5. The van der Waals surface area contributed by atoms with Crippen LogP contribution in [0.5, 0.6) is 17.2 Å². The van der Waals surface area contributed by atoms with Crippen molar-refractivity contribution in [3.05, 3.63) is 87.9 Å². The zero-order valence-electron chi connectivity index (χ0n) is 20.2. The lowest BCUT2D eigenvalue weighted by Gasteiger charge is -2.15. The minimum Gasteiger partial charge on any atom is -0.493 e. The maximum Gasteiger partial charge on any atom is 0.280 e. The molecule has 1 amide bonds. The van der Waals surface area contributed by atoms with Crippen LogP contribution < -0.4 is 19.2 Å². The van der Waals surface area contributed by atoms with Crippen LogP contribution in [0.15, 0.2) is 71.3 Å². The minimum absolute atomic E-state index is 0.201. The second-order valence-corrected chi connectivity index (χ2v) is 8.60. The Morgan fingerprint density at radius 1 is 0.943 bits per heavy atom. The first kappa shape index (κ1) is 24.4. The summed E-state index contributed by atoms with van der Waals surface area (Å²) in [5.41, 5.74) is 4.73. The molecule has 0 saturated heterocycles. The summed E-state index contributed by atoms with van der Waals surface area (Å²) in [6, 6.07) is 18.9. The second kappa shape index (κ2) is 10.7. The van der Waals surface area contributed by atoms with Crippen LogP contribution in [0.25, 0.3) is 6.08 Å². The fourth-order valence-electron chi connectivity index (χ4n) is 3.72. The van der Waals surface area contributed by atoms with Gasteiger partial charge in [0.05, 0.1) is 29.1 Å². The van der Waals surface area contributed by atoms with Gasteiger partial charge in [0.2, 0.25) is 0 Å². The zero-order chi connectivity index (χ0) is 24.9. The molecule has 3 aromatic carbocycles. The van der Waals surface area contributed by atoms with Gasteiger partial charge < -0.3 is 14.2 Å². The largest absolute Gasteiger partial charge is 0.493 e. The third-order valence-corrected chi connectivity index (χ3v) is 5.84. The van der Waals surface area contributed by atoms with Crippen molar-refractivity contribution >= 4 is 35.0 Å². The molecule has 4 rings (SSSR count). The molecule has 180 valence electrons. The Labute approximate surface area is 210 Å². The fraction of sp³-hybridized carbons (Fsp3) is 0.214. The summed E-state index contributed by atoms with van der Waals surface area (Å²) in [5, 5.41) is 6.19. The molecular weight excluding hydrogens is 464 g/mol. The Morgan fingerprint density at radius 3 is 2.43 bits per heavy atom. The molecule has 0 unspecified atom stereocenters. The summed E-state index contributed by atoms with van der Waals surface area (Å²) in [5.74, 6) is 1.52.